The van der Waals surface area contributed by atoms with Gasteiger partial charge in [0.1, 0.15) is 0 Å². The van der Waals surface area contributed by atoms with Crippen LogP contribution >= 0.6 is 34.8 Å². The van der Waals surface area contributed by atoms with Crippen LogP contribution in [0.1, 0.15) is 11.1 Å². The van der Waals surface area contributed by atoms with Crippen LogP contribution in [0.25, 0.3) is 0 Å². The third kappa shape index (κ3) is 3.18. The summed E-state index contributed by atoms with van der Waals surface area (Å²) in [6.45, 7) is 1.26. The Morgan fingerprint density at radius 1 is 1.17 bits per heavy atom. The van der Waals surface area contributed by atoms with Gasteiger partial charge in [0.25, 0.3) is 0 Å². The number of hydrogen-bond acceptors (Lipinski definition) is 2. The van der Waals surface area contributed by atoms with Gasteiger partial charge in [-0.2, -0.15) is 5.10 Å². The van der Waals surface area contributed by atoms with Crippen LogP contribution in [-0.4, -0.2) is 9.78 Å². The first-order valence-corrected chi connectivity index (χ1v) is 6.52. The molecular formula is C12H12Cl3N3. The molecule has 1 aromatic heterocycles. The molecule has 3 nitrogen and oxygen atoms in total. The van der Waals surface area contributed by atoms with Crippen molar-refractivity contribution in [3.63, 3.8) is 0 Å². The molecule has 0 radical (unpaired) electrons. The van der Waals surface area contributed by atoms with Crippen LogP contribution in [0.15, 0.2) is 24.5 Å². The number of benzene rings is 1. The Morgan fingerprint density at radius 3 is 2.56 bits per heavy atom. The summed E-state index contributed by atoms with van der Waals surface area (Å²) < 4.78 is 1.76. The van der Waals surface area contributed by atoms with Gasteiger partial charge in [0.15, 0.2) is 0 Å². The first-order chi connectivity index (χ1) is 8.58. The Kier molecular flexibility index (Phi) is 4.51. The molecule has 0 amide bonds. The molecule has 0 saturated carbocycles. The van der Waals surface area contributed by atoms with E-state index in [-0.39, 0.29) is 0 Å². The lowest BCUT2D eigenvalue weighted by Gasteiger charge is -2.09. The highest BCUT2D eigenvalue weighted by Gasteiger charge is 2.09. The van der Waals surface area contributed by atoms with Gasteiger partial charge in [0.2, 0.25) is 0 Å². The van der Waals surface area contributed by atoms with Crippen molar-refractivity contribution in [1.82, 2.24) is 15.1 Å². The van der Waals surface area contributed by atoms with E-state index in [4.69, 9.17) is 34.8 Å². The SMILES string of the molecule is Cn1cc(CNCc2c(Cl)ccc(Cl)c2Cl)cn1. The molecule has 6 heteroatoms. The molecule has 0 aliphatic rings. The van der Waals surface area contributed by atoms with Crippen molar-refractivity contribution in [1.29, 1.82) is 0 Å². The molecular weight excluding hydrogens is 293 g/mol. The molecule has 18 heavy (non-hydrogen) atoms. The van der Waals surface area contributed by atoms with Crippen molar-refractivity contribution >= 4 is 34.8 Å². The van der Waals surface area contributed by atoms with Gasteiger partial charge in [0.05, 0.1) is 16.2 Å². The number of rotatable bonds is 4. The highest BCUT2D eigenvalue weighted by atomic mass is 35.5. The van der Waals surface area contributed by atoms with Crippen molar-refractivity contribution in [2.45, 2.75) is 13.1 Å². The molecule has 0 fully saturated rings. The summed E-state index contributed by atoms with van der Waals surface area (Å²) in [5, 5.41) is 8.98. The first kappa shape index (κ1) is 13.7. The van der Waals surface area contributed by atoms with Crippen LogP contribution in [0.5, 0.6) is 0 Å². The maximum absolute atomic E-state index is 6.11. The number of nitrogens with one attached hydrogen (secondary N) is 1. The number of hydrogen-bond donors (Lipinski definition) is 1. The lowest BCUT2D eigenvalue weighted by Crippen LogP contribution is -2.13. The summed E-state index contributed by atoms with van der Waals surface area (Å²) >= 11 is 18.2. The molecule has 2 aromatic rings. The van der Waals surface area contributed by atoms with E-state index in [0.717, 1.165) is 11.1 Å². The van der Waals surface area contributed by atoms with Gasteiger partial charge in [-0.1, -0.05) is 34.8 Å². The molecule has 96 valence electrons. The second-order valence-electron chi connectivity index (χ2n) is 3.95. The summed E-state index contributed by atoms with van der Waals surface area (Å²) in [5.41, 5.74) is 1.92. The second-order valence-corrected chi connectivity index (χ2v) is 5.14. The van der Waals surface area contributed by atoms with Crippen molar-refractivity contribution in [2.24, 2.45) is 7.05 Å². The monoisotopic (exact) mass is 303 g/mol. The maximum atomic E-state index is 6.11. The van der Waals surface area contributed by atoms with E-state index in [9.17, 15) is 0 Å². The van der Waals surface area contributed by atoms with Crippen LogP contribution in [0, 0.1) is 0 Å². The average Bonchev–Trinajstić information content (AvgIpc) is 2.74. The Labute approximate surface area is 121 Å². The minimum atomic E-state index is 0.503. The molecule has 0 aliphatic carbocycles. The van der Waals surface area contributed by atoms with Gasteiger partial charge in [-0.25, -0.2) is 0 Å². The van der Waals surface area contributed by atoms with E-state index >= 15 is 0 Å². The van der Waals surface area contributed by atoms with Gasteiger partial charge < -0.3 is 5.32 Å². The van der Waals surface area contributed by atoms with E-state index < -0.39 is 0 Å². The number of halogens is 3. The van der Waals surface area contributed by atoms with Crippen LogP contribution in [0.4, 0.5) is 0 Å². The Morgan fingerprint density at radius 2 is 1.89 bits per heavy atom. The molecule has 2 rings (SSSR count). The lowest BCUT2D eigenvalue weighted by molar-refractivity contribution is 0.692. The number of aryl methyl sites for hydroxylation is 1. The van der Waals surface area contributed by atoms with E-state index in [1.165, 1.54) is 0 Å². The van der Waals surface area contributed by atoms with Crippen LogP contribution in [0.2, 0.25) is 15.1 Å². The molecule has 0 atom stereocenters. The van der Waals surface area contributed by atoms with Gasteiger partial charge in [-0.15, -0.1) is 0 Å². The van der Waals surface area contributed by atoms with E-state index in [1.807, 2.05) is 19.4 Å². The van der Waals surface area contributed by atoms with Crippen LogP contribution < -0.4 is 5.32 Å². The highest BCUT2D eigenvalue weighted by Crippen LogP contribution is 2.31. The van der Waals surface area contributed by atoms with Gasteiger partial charge in [-0.05, 0) is 12.1 Å². The fraction of sp³-hybridized carbons (Fsp3) is 0.250. The summed E-state index contributed by atoms with van der Waals surface area (Å²) in [4.78, 5) is 0. The molecule has 0 spiro atoms. The summed E-state index contributed by atoms with van der Waals surface area (Å²) in [5.74, 6) is 0. The van der Waals surface area contributed by atoms with Crippen molar-refractivity contribution in [3.8, 4) is 0 Å². The smallest absolute Gasteiger partial charge is 0.0652 e. The lowest BCUT2D eigenvalue weighted by atomic mass is 10.2. The zero-order valence-corrected chi connectivity index (χ0v) is 12.0. The van der Waals surface area contributed by atoms with E-state index in [2.05, 4.69) is 10.4 Å². The summed E-state index contributed by atoms with van der Waals surface area (Å²) in [6.07, 6.45) is 3.77. The standard InChI is InChI=1S/C12H12Cl3N3/c1-18-7-8(5-17-18)4-16-6-9-10(13)2-3-11(14)12(9)15/h2-3,5,7,16H,4,6H2,1H3. The Bertz CT molecular complexity index is 551. The summed E-state index contributed by atoms with van der Waals surface area (Å²) in [6, 6.07) is 3.44. The third-order valence-electron chi connectivity index (χ3n) is 2.53. The zero-order chi connectivity index (χ0) is 13.1. The minimum Gasteiger partial charge on any atom is -0.308 e. The van der Waals surface area contributed by atoms with Crippen LogP contribution in [0.3, 0.4) is 0 Å². The fourth-order valence-electron chi connectivity index (χ4n) is 1.63. The second kappa shape index (κ2) is 5.93. The molecule has 1 aromatic carbocycles. The van der Waals surface area contributed by atoms with Gasteiger partial charge >= 0.3 is 0 Å². The normalized spacial score (nSPS) is 10.9. The van der Waals surface area contributed by atoms with Crippen molar-refractivity contribution in [3.05, 3.63) is 50.7 Å². The largest absolute Gasteiger partial charge is 0.308 e. The van der Waals surface area contributed by atoms with Gasteiger partial charge in [0, 0.05) is 42.5 Å². The Balaban J connectivity index is 2.00. The average molecular weight is 305 g/mol. The topological polar surface area (TPSA) is 29.9 Å². The van der Waals surface area contributed by atoms with E-state index in [1.54, 1.807) is 16.8 Å². The fourth-order valence-corrected chi connectivity index (χ4v) is 2.31. The Hall–Kier alpha value is -0.740. The third-order valence-corrected chi connectivity index (χ3v) is 3.73. The van der Waals surface area contributed by atoms with Gasteiger partial charge in [-0.3, -0.25) is 4.68 Å². The van der Waals surface area contributed by atoms with Crippen LogP contribution in [-0.2, 0) is 20.1 Å². The maximum Gasteiger partial charge on any atom is 0.0652 e. The zero-order valence-electron chi connectivity index (χ0n) is 9.75. The summed E-state index contributed by atoms with van der Waals surface area (Å²) in [7, 11) is 1.88. The molecule has 0 bridgehead atoms. The first-order valence-electron chi connectivity index (χ1n) is 5.38. The molecule has 0 unspecified atom stereocenters. The predicted octanol–water partition coefficient (Wildman–Crippen LogP) is 3.67. The van der Waals surface area contributed by atoms with Crippen molar-refractivity contribution < 1.29 is 0 Å². The number of nitrogens with zero attached hydrogens (tertiary/aromatic N) is 2. The quantitative estimate of drug-likeness (QED) is 0.874. The van der Waals surface area contributed by atoms with E-state index in [0.29, 0.717) is 28.2 Å². The molecule has 0 saturated heterocycles. The number of aromatic nitrogens is 2. The minimum absolute atomic E-state index is 0.503. The van der Waals surface area contributed by atoms with Crippen molar-refractivity contribution in [2.75, 3.05) is 0 Å². The molecule has 0 aliphatic heterocycles. The highest BCUT2D eigenvalue weighted by molar-refractivity contribution is 6.44. The molecule has 1 heterocycles. The molecule has 1 N–H and O–H groups in total. The predicted molar refractivity (Wildman–Crippen MR) is 75.2 cm³/mol.